The summed E-state index contributed by atoms with van der Waals surface area (Å²) in [6.07, 6.45) is 0. The maximum absolute atomic E-state index is 13.0. The Morgan fingerprint density at radius 2 is 1.88 bits per heavy atom. The molecule has 1 aromatic carbocycles. The van der Waals surface area contributed by atoms with Crippen molar-refractivity contribution < 1.29 is 23.4 Å². The van der Waals surface area contributed by atoms with Gasteiger partial charge >= 0.3 is 0 Å². The number of aliphatic hydroxyl groups excluding tert-OH is 1. The third-order valence-electron chi connectivity index (χ3n) is 2.20. The minimum Gasteiger partial charge on any atom is -0.505 e. The molecule has 0 fully saturated rings. The Balaban J connectivity index is 0.00000256. The van der Waals surface area contributed by atoms with Gasteiger partial charge in [-0.3, -0.25) is 0 Å². The normalized spacial score (nSPS) is 13.0. The quantitative estimate of drug-likeness (QED) is 0.491. The van der Waals surface area contributed by atoms with Crippen LogP contribution in [0.3, 0.4) is 0 Å². The zero-order valence-corrected chi connectivity index (χ0v) is 9.35. The molecule has 1 atom stereocenters. The second-order valence-corrected chi connectivity index (χ2v) is 3.30. The molecule has 0 amide bonds. The molecule has 6 N–H and O–H groups in total. The molecule has 0 aliphatic heterocycles. The molecule has 8 heteroatoms. The van der Waals surface area contributed by atoms with E-state index in [9.17, 15) is 18.3 Å². The van der Waals surface area contributed by atoms with Crippen LogP contribution in [0.25, 0.3) is 0 Å². The van der Waals surface area contributed by atoms with E-state index in [1.165, 1.54) is 0 Å². The van der Waals surface area contributed by atoms with Gasteiger partial charge in [0.2, 0.25) is 0 Å². The van der Waals surface area contributed by atoms with E-state index in [0.717, 1.165) is 12.1 Å². The first-order valence-electron chi connectivity index (χ1n) is 4.32. The summed E-state index contributed by atoms with van der Waals surface area (Å²) in [7, 11) is 0. The van der Waals surface area contributed by atoms with Crippen LogP contribution in [0.1, 0.15) is 11.6 Å². The van der Waals surface area contributed by atoms with Gasteiger partial charge in [0.1, 0.15) is 29.9 Å². The van der Waals surface area contributed by atoms with Gasteiger partial charge < -0.3 is 21.7 Å². The first-order chi connectivity index (χ1) is 7.31. The lowest BCUT2D eigenvalue weighted by molar-refractivity contribution is -0.0715. The summed E-state index contributed by atoms with van der Waals surface area (Å²) in [5, 5.41) is 17.8. The van der Waals surface area contributed by atoms with Crippen molar-refractivity contribution in [2.45, 2.75) is 12.0 Å². The Labute approximate surface area is 101 Å². The molecule has 0 heterocycles. The van der Waals surface area contributed by atoms with Crippen LogP contribution in [0, 0.1) is 5.82 Å². The summed E-state index contributed by atoms with van der Waals surface area (Å²) >= 11 is 0. The summed E-state index contributed by atoms with van der Waals surface area (Å²) in [4.78, 5) is 0. The molecule has 0 saturated heterocycles. The minimum atomic E-state index is -3.62. The second kappa shape index (κ2) is 5.44. The van der Waals surface area contributed by atoms with E-state index in [2.05, 4.69) is 0 Å². The van der Waals surface area contributed by atoms with Gasteiger partial charge in [0.05, 0.1) is 0 Å². The van der Waals surface area contributed by atoms with Crippen LogP contribution >= 0.6 is 12.4 Å². The lowest BCUT2D eigenvalue weighted by Gasteiger charge is -2.22. The number of anilines is 1. The summed E-state index contributed by atoms with van der Waals surface area (Å²) in [5.41, 5.74) is 9.20. The molecule has 0 bridgehead atoms. The number of rotatable bonds is 3. The van der Waals surface area contributed by atoms with Gasteiger partial charge in [-0.2, -0.15) is 0 Å². The van der Waals surface area contributed by atoms with Crippen molar-refractivity contribution in [1.29, 1.82) is 0 Å². The Kier molecular flexibility index (Phi) is 5.06. The molecule has 0 aliphatic rings. The van der Waals surface area contributed by atoms with Gasteiger partial charge in [-0.15, -0.1) is 12.4 Å². The second-order valence-electron chi connectivity index (χ2n) is 3.30. The van der Waals surface area contributed by atoms with Crippen molar-refractivity contribution >= 4 is 18.1 Å². The first-order valence-corrected chi connectivity index (χ1v) is 4.32. The fourth-order valence-corrected chi connectivity index (χ4v) is 1.18. The van der Waals surface area contributed by atoms with E-state index >= 15 is 0 Å². The summed E-state index contributed by atoms with van der Waals surface area (Å²) in [6.45, 7) is -1.48. The topological polar surface area (TPSA) is 92.5 Å². The van der Waals surface area contributed by atoms with E-state index in [1.807, 2.05) is 0 Å². The highest BCUT2D eigenvalue weighted by molar-refractivity contribution is 5.85. The van der Waals surface area contributed by atoms with Crippen LogP contribution in [-0.2, 0) is 0 Å². The molecule has 0 spiro atoms. The standard InChI is InChI=1S/C9H11F3N2O2.ClH/c10-5-2-1-4(7(16)6(5)13)8(14)9(11,12)3-15;/h1-2,8,15-16H,3,13-14H2;1H/t8-;/m1./s1. The van der Waals surface area contributed by atoms with Gasteiger partial charge in [-0.25, -0.2) is 13.2 Å². The number of benzene rings is 1. The fourth-order valence-electron chi connectivity index (χ4n) is 1.18. The molecule has 0 unspecified atom stereocenters. The SMILES string of the molecule is Cl.Nc1c(F)ccc([C@@H](N)C(F)(F)CO)c1O. The third kappa shape index (κ3) is 2.93. The molecule has 0 aromatic heterocycles. The maximum atomic E-state index is 13.0. The first kappa shape index (κ1) is 15.8. The van der Waals surface area contributed by atoms with Crippen LogP contribution in [0.2, 0.25) is 0 Å². The lowest BCUT2D eigenvalue weighted by Crippen LogP contribution is -2.36. The highest BCUT2D eigenvalue weighted by Gasteiger charge is 2.39. The van der Waals surface area contributed by atoms with Crippen molar-refractivity contribution in [3.8, 4) is 5.75 Å². The molecule has 0 radical (unpaired) electrons. The number of phenols is 1. The van der Waals surface area contributed by atoms with Crippen LogP contribution in [-0.4, -0.2) is 22.7 Å². The molecular weight excluding hydrogens is 261 g/mol. The average molecular weight is 273 g/mol. The maximum Gasteiger partial charge on any atom is 0.289 e. The number of halogens is 4. The summed E-state index contributed by atoms with van der Waals surface area (Å²) in [6, 6.07) is -0.243. The van der Waals surface area contributed by atoms with Crippen molar-refractivity contribution in [2.75, 3.05) is 12.3 Å². The van der Waals surface area contributed by atoms with E-state index < -0.39 is 41.4 Å². The number of hydrogen-bond donors (Lipinski definition) is 4. The van der Waals surface area contributed by atoms with Crippen LogP contribution in [0.15, 0.2) is 12.1 Å². The van der Waals surface area contributed by atoms with E-state index in [4.69, 9.17) is 16.6 Å². The van der Waals surface area contributed by atoms with Crippen molar-refractivity contribution in [3.63, 3.8) is 0 Å². The van der Waals surface area contributed by atoms with Gasteiger partial charge in [-0.1, -0.05) is 6.07 Å². The molecule has 1 rings (SSSR count). The number of hydrogen-bond acceptors (Lipinski definition) is 4. The predicted molar refractivity (Wildman–Crippen MR) is 58.7 cm³/mol. The Bertz CT molecular complexity index is 404. The average Bonchev–Trinajstić information content (AvgIpc) is 2.25. The van der Waals surface area contributed by atoms with Crippen molar-refractivity contribution in [2.24, 2.45) is 5.73 Å². The third-order valence-corrected chi connectivity index (χ3v) is 2.20. The smallest absolute Gasteiger partial charge is 0.289 e. The minimum absolute atomic E-state index is 0. The molecule has 0 aliphatic carbocycles. The molecule has 0 saturated carbocycles. The molecular formula is C9H12ClF3N2O2. The number of aromatic hydroxyl groups is 1. The predicted octanol–water partition coefficient (Wildman–Crippen LogP) is 1.16. The highest BCUT2D eigenvalue weighted by atomic mass is 35.5. The lowest BCUT2D eigenvalue weighted by atomic mass is 10.00. The Hall–Kier alpha value is -1.18. The van der Waals surface area contributed by atoms with Crippen LogP contribution in [0.5, 0.6) is 5.75 Å². The van der Waals surface area contributed by atoms with Gasteiger partial charge in [-0.05, 0) is 6.07 Å². The monoisotopic (exact) mass is 272 g/mol. The van der Waals surface area contributed by atoms with E-state index in [1.54, 1.807) is 0 Å². The van der Waals surface area contributed by atoms with E-state index in [-0.39, 0.29) is 12.4 Å². The van der Waals surface area contributed by atoms with Crippen molar-refractivity contribution in [3.05, 3.63) is 23.5 Å². The Morgan fingerprint density at radius 1 is 1.35 bits per heavy atom. The van der Waals surface area contributed by atoms with Crippen molar-refractivity contribution in [1.82, 2.24) is 0 Å². The molecule has 17 heavy (non-hydrogen) atoms. The van der Waals surface area contributed by atoms with Gasteiger partial charge in [0.15, 0.2) is 0 Å². The summed E-state index contributed by atoms with van der Waals surface area (Å²) in [5.74, 6) is -5.39. The Morgan fingerprint density at radius 3 is 2.35 bits per heavy atom. The van der Waals surface area contributed by atoms with Gasteiger partial charge in [0, 0.05) is 5.56 Å². The van der Waals surface area contributed by atoms with Crippen LogP contribution in [0.4, 0.5) is 18.9 Å². The number of alkyl halides is 2. The zero-order valence-electron chi connectivity index (χ0n) is 8.53. The summed E-state index contributed by atoms with van der Waals surface area (Å²) < 4.78 is 38.9. The fraction of sp³-hybridized carbons (Fsp3) is 0.333. The van der Waals surface area contributed by atoms with E-state index in [0.29, 0.717) is 0 Å². The molecule has 1 aromatic rings. The number of nitrogens with two attached hydrogens (primary N) is 2. The van der Waals surface area contributed by atoms with Crippen LogP contribution < -0.4 is 11.5 Å². The number of aliphatic hydroxyl groups is 1. The number of phenolic OH excluding ortho intramolecular Hbond substituents is 1. The largest absolute Gasteiger partial charge is 0.505 e. The van der Waals surface area contributed by atoms with Gasteiger partial charge in [0.25, 0.3) is 5.92 Å². The number of nitrogen functional groups attached to an aromatic ring is 1. The highest BCUT2D eigenvalue weighted by Crippen LogP contribution is 2.37. The molecule has 4 nitrogen and oxygen atoms in total. The molecule has 98 valence electrons. The zero-order chi connectivity index (χ0) is 12.5.